The van der Waals surface area contributed by atoms with E-state index < -0.39 is 0 Å². The van der Waals surface area contributed by atoms with Crippen molar-refractivity contribution in [3.63, 3.8) is 0 Å². The first-order valence-electron chi connectivity index (χ1n) is 8.21. The van der Waals surface area contributed by atoms with Crippen LogP contribution in [0.25, 0.3) is 11.5 Å². The van der Waals surface area contributed by atoms with E-state index in [1.54, 1.807) is 18.2 Å². The Kier molecular flexibility index (Phi) is 5.86. The van der Waals surface area contributed by atoms with Gasteiger partial charge in [-0.1, -0.05) is 42.8 Å². The molecule has 0 aliphatic rings. The summed E-state index contributed by atoms with van der Waals surface area (Å²) in [6.07, 6.45) is 0.655. The fraction of sp³-hybridized carbons (Fsp3) is 0.211. The second-order valence-electron chi connectivity index (χ2n) is 5.55. The summed E-state index contributed by atoms with van der Waals surface area (Å²) in [5, 5.41) is 11.4. The summed E-state index contributed by atoms with van der Waals surface area (Å²) in [4.78, 5) is 12.1. The Bertz CT molecular complexity index is 895. The highest BCUT2D eigenvalue weighted by molar-refractivity contribution is 6.30. The second-order valence-corrected chi connectivity index (χ2v) is 5.98. The Morgan fingerprint density at radius 2 is 2.04 bits per heavy atom. The zero-order valence-electron chi connectivity index (χ0n) is 14.2. The second kappa shape index (κ2) is 8.49. The highest BCUT2D eigenvalue weighted by atomic mass is 35.5. The number of carbonyl (C=O) groups is 1. The van der Waals surface area contributed by atoms with Crippen LogP contribution in [0, 0.1) is 0 Å². The zero-order valence-corrected chi connectivity index (χ0v) is 15.0. The number of aromatic nitrogens is 2. The van der Waals surface area contributed by atoms with Gasteiger partial charge < -0.3 is 14.5 Å². The lowest BCUT2D eigenvalue weighted by molar-refractivity contribution is -0.123. The molecule has 0 spiro atoms. The number of hydrogen-bond donors (Lipinski definition) is 1. The standard InChI is InChI=1S/C19H18ClN3O3/c1-2-18-22-23-19(26-18)15-8-3-4-9-16(15)25-12-17(24)21-11-13-6-5-7-14(20)10-13/h3-10H,2,11-12H2,1H3,(H,21,24). The molecule has 3 rings (SSSR count). The summed E-state index contributed by atoms with van der Waals surface area (Å²) < 4.78 is 11.2. The van der Waals surface area contributed by atoms with Crippen LogP contribution in [0.5, 0.6) is 5.75 Å². The Morgan fingerprint density at radius 3 is 2.81 bits per heavy atom. The van der Waals surface area contributed by atoms with Crippen LogP contribution in [0.2, 0.25) is 5.02 Å². The first-order valence-corrected chi connectivity index (χ1v) is 8.59. The van der Waals surface area contributed by atoms with E-state index in [1.807, 2.05) is 37.3 Å². The topological polar surface area (TPSA) is 77.2 Å². The van der Waals surface area contributed by atoms with E-state index >= 15 is 0 Å². The average Bonchev–Trinajstić information content (AvgIpc) is 3.14. The van der Waals surface area contributed by atoms with Gasteiger partial charge >= 0.3 is 0 Å². The number of amides is 1. The summed E-state index contributed by atoms with van der Waals surface area (Å²) in [5.74, 6) is 1.20. The fourth-order valence-electron chi connectivity index (χ4n) is 2.32. The van der Waals surface area contributed by atoms with Crippen molar-refractivity contribution in [2.75, 3.05) is 6.61 Å². The van der Waals surface area contributed by atoms with E-state index in [-0.39, 0.29) is 12.5 Å². The van der Waals surface area contributed by atoms with Crippen LogP contribution in [0.1, 0.15) is 18.4 Å². The SMILES string of the molecule is CCc1nnc(-c2ccccc2OCC(=O)NCc2cccc(Cl)c2)o1. The van der Waals surface area contributed by atoms with Crippen molar-refractivity contribution in [2.45, 2.75) is 19.9 Å². The molecule has 0 aliphatic heterocycles. The molecule has 134 valence electrons. The first kappa shape index (κ1) is 17.9. The van der Waals surface area contributed by atoms with Crippen molar-refractivity contribution in [1.82, 2.24) is 15.5 Å². The summed E-state index contributed by atoms with van der Waals surface area (Å²) in [5.41, 5.74) is 1.58. The predicted octanol–water partition coefficient (Wildman–Crippen LogP) is 3.65. The lowest BCUT2D eigenvalue weighted by Gasteiger charge is -2.10. The van der Waals surface area contributed by atoms with Gasteiger partial charge in [0.25, 0.3) is 11.8 Å². The molecule has 0 atom stereocenters. The van der Waals surface area contributed by atoms with Crippen molar-refractivity contribution in [3.8, 4) is 17.2 Å². The molecule has 0 radical (unpaired) electrons. The van der Waals surface area contributed by atoms with Crippen molar-refractivity contribution in [3.05, 3.63) is 65.0 Å². The third-order valence-corrected chi connectivity index (χ3v) is 3.86. The maximum absolute atomic E-state index is 12.1. The highest BCUT2D eigenvalue weighted by Gasteiger charge is 2.14. The molecule has 1 aromatic heterocycles. The van der Waals surface area contributed by atoms with E-state index in [0.29, 0.717) is 41.1 Å². The van der Waals surface area contributed by atoms with Gasteiger partial charge in [-0.15, -0.1) is 10.2 Å². The molecule has 0 aliphatic carbocycles. The molecule has 1 heterocycles. The van der Waals surface area contributed by atoms with Gasteiger partial charge in [0.1, 0.15) is 5.75 Å². The van der Waals surface area contributed by atoms with Crippen LogP contribution >= 0.6 is 11.6 Å². The van der Waals surface area contributed by atoms with Gasteiger partial charge in [0.15, 0.2) is 6.61 Å². The van der Waals surface area contributed by atoms with Crippen molar-refractivity contribution in [2.24, 2.45) is 0 Å². The lowest BCUT2D eigenvalue weighted by atomic mass is 10.2. The summed E-state index contributed by atoms with van der Waals surface area (Å²) in [6.45, 7) is 2.20. The average molecular weight is 372 g/mol. The Labute approximate surface area is 156 Å². The van der Waals surface area contributed by atoms with Crippen molar-refractivity contribution >= 4 is 17.5 Å². The molecule has 0 unspecified atom stereocenters. The molecule has 26 heavy (non-hydrogen) atoms. The Balaban J connectivity index is 1.60. The molecule has 6 nitrogen and oxygen atoms in total. The summed E-state index contributed by atoms with van der Waals surface area (Å²) in [6, 6.07) is 14.6. The molecule has 3 aromatic rings. The molecule has 0 saturated carbocycles. The molecule has 1 N–H and O–H groups in total. The monoisotopic (exact) mass is 371 g/mol. The van der Waals surface area contributed by atoms with Crippen LogP contribution in [-0.2, 0) is 17.8 Å². The van der Waals surface area contributed by atoms with Crippen LogP contribution < -0.4 is 10.1 Å². The third-order valence-electron chi connectivity index (χ3n) is 3.62. The fourth-order valence-corrected chi connectivity index (χ4v) is 2.53. The number of halogens is 1. The van der Waals surface area contributed by atoms with E-state index in [2.05, 4.69) is 15.5 Å². The van der Waals surface area contributed by atoms with Crippen LogP contribution in [0.4, 0.5) is 0 Å². The molecule has 0 saturated heterocycles. The number of nitrogens with one attached hydrogen (secondary N) is 1. The van der Waals surface area contributed by atoms with Crippen LogP contribution in [0.15, 0.2) is 52.9 Å². The number of carbonyl (C=O) groups excluding carboxylic acids is 1. The van der Waals surface area contributed by atoms with E-state index in [1.165, 1.54) is 0 Å². The normalized spacial score (nSPS) is 10.5. The minimum atomic E-state index is -0.237. The van der Waals surface area contributed by atoms with E-state index in [4.69, 9.17) is 20.8 Å². The van der Waals surface area contributed by atoms with E-state index in [0.717, 1.165) is 5.56 Å². The van der Waals surface area contributed by atoms with Gasteiger partial charge in [-0.3, -0.25) is 4.79 Å². The predicted molar refractivity (Wildman–Crippen MR) is 97.9 cm³/mol. The zero-order chi connectivity index (χ0) is 18.4. The first-order chi connectivity index (χ1) is 12.7. The molecule has 1 amide bonds. The van der Waals surface area contributed by atoms with Gasteiger partial charge in [0.05, 0.1) is 5.56 Å². The number of para-hydroxylation sites is 1. The number of rotatable bonds is 7. The number of hydrogen-bond acceptors (Lipinski definition) is 5. The van der Waals surface area contributed by atoms with Gasteiger partial charge in [0.2, 0.25) is 5.89 Å². The molecule has 7 heteroatoms. The maximum Gasteiger partial charge on any atom is 0.258 e. The van der Waals surface area contributed by atoms with Crippen molar-refractivity contribution < 1.29 is 13.9 Å². The molecular formula is C19H18ClN3O3. The molecule has 0 fully saturated rings. The Hall–Kier alpha value is -2.86. The van der Waals surface area contributed by atoms with Crippen LogP contribution in [0.3, 0.4) is 0 Å². The smallest absolute Gasteiger partial charge is 0.258 e. The van der Waals surface area contributed by atoms with Crippen molar-refractivity contribution in [1.29, 1.82) is 0 Å². The minimum Gasteiger partial charge on any atom is -0.483 e. The molecule has 0 bridgehead atoms. The van der Waals surface area contributed by atoms with Gasteiger partial charge in [-0.25, -0.2) is 0 Å². The number of ether oxygens (including phenoxy) is 1. The van der Waals surface area contributed by atoms with Crippen LogP contribution in [-0.4, -0.2) is 22.7 Å². The number of aryl methyl sites for hydroxylation is 1. The largest absolute Gasteiger partial charge is 0.483 e. The molecule has 2 aromatic carbocycles. The Morgan fingerprint density at radius 1 is 1.19 bits per heavy atom. The number of nitrogens with zero attached hydrogens (tertiary/aromatic N) is 2. The molecular weight excluding hydrogens is 354 g/mol. The van der Waals surface area contributed by atoms with E-state index in [9.17, 15) is 4.79 Å². The van der Waals surface area contributed by atoms with Gasteiger partial charge in [-0.2, -0.15) is 0 Å². The van der Waals surface area contributed by atoms with Gasteiger partial charge in [-0.05, 0) is 29.8 Å². The number of benzene rings is 2. The minimum absolute atomic E-state index is 0.119. The summed E-state index contributed by atoms with van der Waals surface area (Å²) in [7, 11) is 0. The maximum atomic E-state index is 12.1. The van der Waals surface area contributed by atoms with Gasteiger partial charge in [0, 0.05) is 18.0 Å². The summed E-state index contributed by atoms with van der Waals surface area (Å²) >= 11 is 5.93. The third kappa shape index (κ3) is 4.61. The highest BCUT2D eigenvalue weighted by Crippen LogP contribution is 2.28. The quantitative estimate of drug-likeness (QED) is 0.686. The lowest BCUT2D eigenvalue weighted by Crippen LogP contribution is -2.28.